The Bertz CT molecular complexity index is 894. The molecule has 2 atom stereocenters. The SMILES string of the molecule is CCCC(=O)Oc1ccc(C[C@H](NCC(C)OC(=O)C2CCCCC2)C(=O)O)cc1OC(=O)CCC. The van der Waals surface area contributed by atoms with Crippen molar-refractivity contribution in [3.05, 3.63) is 23.8 Å². The van der Waals surface area contributed by atoms with Gasteiger partial charge in [-0.15, -0.1) is 0 Å². The van der Waals surface area contributed by atoms with Crippen LogP contribution in [-0.2, 0) is 30.3 Å². The summed E-state index contributed by atoms with van der Waals surface area (Å²) in [5, 5.41) is 12.7. The molecule has 0 aliphatic heterocycles. The summed E-state index contributed by atoms with van der Waals surface area (Å²) in [6.07, 6.45) is 6.11. The van der Waals surface area contributed by atoms with Crippen LogP contribution in [0.3, 0.4) is 0 Å². The smallest absolute Gasteiger partial charge is 0.321 e. The molecule has 1 fully saturated rings. The maximum Gasteiger partial charge on any atom is 0.321 e. The third-order valence-electron chi connectivity index (χ3n) is 6.01. The van der Waals surface area contributed by atoms with Gasteiger partial charge in [0.2, 0.25) is 0 Å². The largest absolute Gasteiger partial charge is 0.480 e. The van der Waals surface area contributed by atoms with Gasteiger partial charge in [-0.05, 0) is 56.7 Å². The summed E-state index contributed by atoms with van der Waals surface area (Å²) in [6.45, 7) is 5.61. The Kier molecular flexibility index (Phi) is 12.4. The van der Waals surface area contributed by atoms with E-state index in [2.05, 4.69) is 5.32 Å². The van der Waals surface area contributed by atoms with E-state index in [4.69, 9.17) is 14.2 Å². The molecule has 1 aliphatic rings. The van der Waals surface area contributed by atoms with Gasteiger partial charge in [0.15, 0.2) is 11.5 Å². The van der Waals surface area contributed by atoms with Crippen molar-refractivity contribution < 1.29 is 38.5 Å². The number of hydrogen-bond donors (Lipinski definition) is 2. The van der Waals surface area contributed by atoms with Crippen LogP contribution in [0.4, 0.5) is 0 Å². The monoisotopic (exact) mass is 505 g/mol. The molecule has 0 saturated heterocycles. The van der Waals surface area contributed by atoms with E-state index in [1.165, 1.54) is 12.1 Å². The number of carbonyl (C=O) groups excluding carboxylic acids is 3. The van der Waals surface area contributed by atoms with Crippen molar-refractivity contribution in [1.82, 2.24) is 5.32 Å². The molecular weight excluding hydrogens is 466 g/mol. The number of carbonyl (C=O) groups is 4. The number of ether oxygens (including phenoxy) is 3. The van der Waals surface area contributed by atoms with Gasteiger partial charge in [-0.25, -0.2) is 0 Å². The molecule has 9 nitrogen and oxygen atoms in total. The van der Waals surface area contributed by atoms with Crippen molar-refractivity contribution in [2.45, 2.75) is 97.1 Å². The summed E-state index contributed by atoms with van der Waals surface area (Å²) >= 11 is 0. The predicted molar refractivity (Wildman–Crippen MR) is 133 cm³/mol. The molecule has 2 rings (SSSR count). The van der Waals surface area contributed by atoms with Gasteiger partial charge in [0.1, 0.15) is 12.1 Å². The predicted octanol–water partition coefficient (Wildman–Crippen LogP) is 4.19. The Morgan fingerprint density at radius 2 is 1.58 bits per heavy atom. The molecule has 0 radical (unpaired) electrons. The fourth-order valence-electron chi connectivity index (χ4n) is 4.06. The highest BCUT2D eigenvalue weighted by Gasteiger charge is 2.25. The maximum atomic E-state index is 12.4. The molecule has 1 saturated carbocycles. The standard InChI is InChI=1S/C27H39NO8/c1-4-9-24(29)35-22-14-13-19(16-23(22)36-25(30)10-5-2)15-21(26(31)32)28-17-18(3)34-27(33)20-11-7-6-8-12-20/h13-14,16,18,20-21,28H,4-12,15,17H2,1-3H3,(H,31,32)/t18?,21-/m0/s1. The Hall–Kier alpha value is -2.94. The van der Waals surface area contributed by atoms with Crippen LogP contribution in [-0.4, -0.2) is 47.7 Å². The van der Waals surface area contributed by atoms with Crippen LogP contribution >= 0.6 is 0 Å². The molecule has 2 N–H and O–H groups in total. The third kappa shape index (κ3) is 9.97. The van der Waals surface area contributed by atoms with Gasteiger partial charge < -0.3 is 24.6 Å². The Morgan fingerprint density at radius 1 is 0.972 bits per heavy atom. The van der Waals surface area contributed by atoms with Crippen molar-refractivity contribution in [1.29, 1.82) is 0 Å². The summed E-state index contributed by atoms with van der Waals surface area (Å²) in [5.41, 5.74) is 0.580. The topological polar surface area (TPSA) is 128 Å². The second-order valence-corrected chi connectivity index (χ2v) is 9.31. The van der Waals surface area contributed by atoms with Gasteiger partial charge in [0, 0.05) is 19.4 Å². The second-order valence-electron chi connectivity index (χ2n) is 9.31. The van der Waals surface area contributed by atoms with Crippen LogP contribution in [0.5, 0.6) is 11.5 Å². The van der Waals surface area contributed by atoms with Gasteiger partial charge in [0.05, 0.1) is 5.92 Å². The van der Waals surface area contributed by atoms with E-state index < -0.39 is 30.1 Å². The molecule has 0 heterocycles. The summed E-state index contributed by atoms with van der Waals surface area (Å²) < 4.78 is 16.3. The summed E-state index contributed by atoms with van der Waals surface area (Å²) in [5.74, 6) is -2.08. The average molecular weight is 506 g/mol. The Balaban J connectivity index is 2.04. The Labute approximate surface area is 212 Å². The number of nitrogens with one attached hydrogen (secondary N) is 1. The first kappa shape index (κ1) is 29.3. The lowest BCUT2D eigenvalue weighted by Gasteiger charge is -2.23. The minimum Gasteiger partial charge on any atom is -0.480 e. The molecular formula is C27H39NO8. The lowest BCUT2D eigenvalue weighted by atomic mass is 9.89. The van der Waals surface area contributed by atoms with E-state index in [1.54, 1.807) is 13.0 Å². The number of aliphatic carboxylic acids is 1. The molecule has 0 spiro atoms. The van der Waals surface area contributed by atoms with Crippen molar-refractivity contribution in [3.8, 4) is 11.5 Å². The quantitative estimate of drug-likeness (QED) is 0.282. The van der Waals surface area contributed by atoms with Gasteiger partial charge in [-0.3, -0.25) is 19.2 Å². The molecule has 0 amide bonds. The summed E-state index contributed by atoms with van der Waals surface area (Å²) in [6, 6.07) is 3.70. The van der Waals surface area contributed by atoms with Crippen LogP contribution in [0.15, 0.2) is 18.2 Å². The normalized spacial score (nSPS) is 15.5. The first-order chi connectivity index (χ1) is 17.2. The van der Waals surface area contributed by atoms with E-state index in [0.29, 0.717) is 18.4 Å². The molecule has 1 aromatic rings. The van der Waals surface area contributed by atoms with E-state index in [1.807, 2.05) is 13.8 Å². The Morgan fingerprint density at radius 3 is 2.17 bits per heavy atom. The molecule has 1 aromatic carbocycles. The molecule has 0 bridgehead atoms. The number of carboxylic acids is 1. The van der Waals surface area contributed by atoms with Crippen LogP contribution in [0.1, 0.15) is 84.1 Å². The molecule has 0 aromatic heterocycles. The van der Waals surface area contributed by atoms with Crippen LogP contribution in [0.2, 0.25) is 0 Å². The summed E-state index contributed by atoms with van der Waals surface area (Å²) in [4.78, 5) is 48.3. The minimum absolute atomic E-state index is 0.0738. The zero-order chi connectivity index (χ0) is 26.5. The first-order valence-corrected chi connectivity index (χ1v) is 12.9. The number of esters is 3. The highest BCUT2D eigenvalue weighted by molar-refractivity contribution is 5.77. The lowest BCUT2D eigenvalue weighted by molar-refractivity contribution is -0.154. The fourth-order valence-corrected chi connectivity index (χ4v) is 4.06. The first-order valence-electron chi connectivity index (χ1n) is 12.9. The highest BCUT2D eigenvalue weighted by atomic mass is 16.6. The van der Waals surface area contributed by atoms with Crippen molar-refractivity contribution in [2.75, 3.05) is 6.54 Å². The minimum atomic E-state index is -1.07. The fraction of sp³-hybridized carbons (Fsp3) is 0.630. The molecule has 200 valence electrons. The molecule has 9 heteroatoms. The van der Waals surface area contributed by atoms with Gasteiger partial charge in [-0.2, -0.15) is 0 Å². The second kappa shape index (κ2) is 15.2. The number of carboxylic acid groups (broad SMARTS) is 1. The number of benzene rings is 1. The average Bonchev–Trinajstić information content (AvgIpc) is 2.83. The number of hydrogen-bond acceptors (Lipinski definition) is 8. The van der Waals surface area contributed by atoms with E-state index in [0.717, 1.165) is 32.1 Å². The zero-order valence-corrected chi connectivity index (χ0v) is 21.5. The molecule has 1 unspecified atom stereocenters. The van der Waals surface area contributed by atoms with Crippen molar-refractivity contribution >= 4 is 23.9 Å². The van der Waals surface area contributed by atoms with Crippen LogP contribution in [0, 0.1) is 5.92 Å². The summed E-state index contributed by atoms with van der Waals surface area (Å²) in [7, 11) is 0. The van der Waals surface area contributed by atoms with Crippen molar-refractivity contribution in [3.63, 3.8) is 0 Å². The van der Waals surface area contributed by atoms with Gasteiger partial charge >= 0.3 is 23.9 Å². The molecule has 36 heavy (non-hydrogen) atoms. The highest BCUT2D eigenvalue weighted by Crippen LogP contribution is 2.30. The van der Waals surface area contributed by atoms with Crippen molar-refractivity contribution in [2.24, 2.45) is 5.92 Å². The third-order valence-corrected chi connectivity index (χ3v) is 6.01. The van der Waals surface area contributed by atoms with Crippen LogP contribution < -0.4 is 14.8 Å². The van der Waals surface area contributed by atoms with E-state index >= 15 is 0 Å². The molecule has 1 aliphatic carbocycles. The number of rotatable bonds is 14. The van der Waals surface area contributed by atoms with Gasteiger partial charge in [-0.1, -0.05) is 39.2 Å². The van der Waals surface area contributed by atoms with Crippen LogP contribution in [0.25, 0.3) is 0 Å². The van der Waals surface area contributed by atoms with E-state index in [-0.39, 0.29) is 49.2 Å². The zero-order valence-electron chi connectivity index (χ0n) is 21.5. The van der Waals surface area contributed by atoms with E-state index in [9.17, 15) is 24.3 Å². The lowest BCUT2D eigenvalue weighted by Crippen LogP contribution is -2.43. The maximum absolute atomic E-state index is 12.4. The van der Waals surface area contributed by atoms with Gasteiger partial charge in [0.25, 0.3) is 0 Å².